The van der Waals surface area contributed by atoms with Crippen molar-refractivity contribution in [3.8, 4) is 0 Å². The van der Waals surface area contributed by atoms with Crippen molar-refractivity contribution < 1.29 is 24.5 Å². The topological polar surface area (TPSA) is 87.1 Å². The number of fused-ring (bicyclic) bond motifs is 1. The van der Waals surface area contributed by atoms with Gasteiger partial charge in [-0.15, -0.1) is 0 Å². The average molecular weight is 464 g/mol. The lowest BCUT2D eigenvalue weighted by atomic mass is 9.65. The molecule has 0 saturated carbocycles. The van der Waals surface area contributed by atoms with E-state index >= 15 is 0 Å². The van der Waals surface area contributed by atoms with Gasteiger partial charge in [-0.3, -0.25) is 9.59 Å². The van der Waals surface area contributed by atoms with Gasteiger partial charge in [-0.1, -0.05) is 39.0 Å². The minimum absolute atomic E-state index is 0.0191. The van der Waals surface area contributed by atoms with Crippen molar-refractivity contribution in [2.75, 3.05) is 14.1 Å². The molecule has 6 heteroatoms. The first kappa shape index (κ1) is 27.6. The van der Waals surface area contributed by atoms with Crippen LogP contribution in [0.1, 0.15) is 73.1 Å². The van der Waals surface area contributed by atoms with Crippen molar-refractivity contribution in [1.29, 1.82) is 0 Å². The first-order chi connectivity index (χ1) is 15.4. The van der Waals surface area contributed by atoms with Crippen molar-refractivity contribution in [2.24, 2.45) is 29.1 Å². The minimum atomic E-state index is -0.852. The molecule has 0 aromatic rings. The van der Waals surface area contributed by atoms with Gasteiger partial charge in [0.15, 0.2) is 0 Å². The predicted octanol–water partition coefficient (Wildman–Crippen LogP) is 4.11. The summed E-state index contributed by atoms with van der Waals surface area (Å²) in [5.74, 6) is 0.710. The fraction of sp³-hybridized carbons (Fsp3) is 0.778. The van der Waals surface area contributed by atoms with Crippen molar-refractivity contribution in [3.63, 3.8) is 0 Å². The molecule has 0 heterocycles. The Morgan fingerprint density at radius 3 is 2.48 bits per heavy atom. The Morgan fingerprint density at radius 1 is 1.21 bits per heavy atom. The van der Waals surface area contributed by atoms with Gasteiger partial charge >= 0.3 is 5.97 Å². The quantitative estimate of drug-likeness (QED) is 0.476. The molecule has 7 atom stereocenters. The van der Waals surface area contributed by atoms with Gasteiger partial charge in [-0.05, 0) is 69.3 Å². The number of hydrogen-bond donors (Lipinski definition) is 2. The summed E-state index contributed by atoms with van der Waals surface area (Å²) < 4.78 is 6.14. The Hall–Kier alpha value is -1.66. The minimum Gasteiger partial charge on any atom is -0.461 e. The smallest absolute Gasteiger partial charge is 0.311 e. The molecule has 2 N–H and O–H groups in total. The fourth-order valence-corrected chi connectivity index (χ4v) is 4.95. The van der Waals surface area contributed by atoms with Crippen LogP contribution in [-0.2, 0) is 14.3 Å². The van der Waals surface area contributed by atoms with Crippen LogP contribution in [-0.4, -0.2) is 59.4 Å². The molecule has 188 valence electrons. The van der Waals surface area contributed by atoms with E-state index in [1.807, 2.05) is 20.8 Å². The zero-order valence-corrected chi connectivity index (χ0v) is 21.6. The summed E-state index contributed by atoms with van der Waals surface area (Å²) in [4.78, 5) is 26.2. The standard InChI is InChI=1S/C27H45NO5/c1-8-27(4,5)26(32)33-23-14-17(2)13-19-10-9-18(3)22(25(19)23)12-11-20(29)15-21(30)16-24(31)28(6)7/h9-10,13,17-18,20-23,25,29-30H,8,11-12,14-16H2,1-7H3/t17-,18-,20+,21+,22-,23-,25-/m0/s1. The number of rotatable bonds is 10. The van der Waals surface area contributed by atoms with Gasteiger partial charge in [0.2, 0.25) is 5.91 Å². The van der Waals surface area contributed by atoms with Crippen LogP contribution in [0.3, 0.4) is 0 Å². The number of carbonyl (C=O) groups is 2. The number of hydrogen-bond acceptors (Lipinski definition) is 5. The third kappa shape index (κ3) is 7.41. The van der Waals surface area contributed by atoms with Crippen LogP contribution in [0.5, 0.6) is 0 Å². The maximum Gasteiger partial charge on any atom is 0.311 e. The first-order valence-electron chi connectivity index (χ1n) is 12.5. The van der Waals surface area contributed by atoms with Gasteiger partial charge in [0.25, 0.3) is 0 Å². The van der Waals surface area contributed by atoms with Crippen LogP contribution in [0, 0.1) is 29.1 Å². The lowest BCUT2D eigenvalue weighted by Crippen LogP contribution is -2.43. The monoisotopic (exact) mass is 463 g/mol. The highest BCUT2D eigenvalue weighted by molar-refractivity contribution is 5.76. The van der Waals surface area contributed by atoms with Gasteiger partial charge in [0.05, 0.1) is 24.0 Å². The van der Waals surface area contributed by atoms with E-state index in [0.717, 1.165) is 19.3 Å². The van der Waals surface area contributed by atoms with E-state index in [2.05, 4.69) is 32.1 Å². The van der Waals surface area contributed by atoms with E-state index in [4.69, 9.17) is 4.74 Å². The number of aliphatic hydroxyl groups excluding tert-OH is 2. The molecule has 0 fully saturated rings. The summed E-state index contributed by atoms with van der Waals surface area (Å²) in [6, 6.07) is 0. The number of carbonyl (C=O) groups excluding carboxylic acids is 2. The maximum atomic E-state index is 12.9. The molecular formula is C27H45NO5. The molecule has 0 unspecified atom stereocenters. The highest BCUT2D eigenvalue weighted by Gasteiger charge is 2.42. The summed E-state index contributed by atoms with van der Waals surface area (Å²) in [7, 11) is 3.31. The molecule has 0 bridgehead atoms. The third-order valence-electron chi connectivity index (χ3n) is 7.58. The van der Waals surface area contributed by atoms with Crippen molar-refractivity contribution in [1.82, 2.24) is 4.90 Å². The van der Waals surface area contributed by atoms with Crippen LogP contribution >= 0.6 is 0 Å². The summed E-state index contributed by atoms with van der Waals surface area (Å²) >= 11 is 0. The summed E-state index contributed by atoms with van der Waals surface area (Å²) in [5, 5.41) is 20.8. The number of esters is 1. The van der Waals surface area contributed by atoms with E-state index in [9.17, 15) is 19.8 Å². The van der Waals surface area contributed by atoms with Gasteiger partial charge < -0.3 is 19.8 Å². The zero-order chi connectivity index (χ0) is 24.9. The largest absolute Gasteiger partial charge is 0.461 e. The second-order valence-corrected chi connectivity index (χ2v) is 11.1. The Morgan fingerprint density at radius 2 is 1.88 bits per heavy atom. The number of nitrogens with zero attached hydrogens (tertiary/aromatic N) is 1. The molecule has 6 nitrogen and oxygen atoms in total. The molecule has 2 aliphatic carbocycles. The summed E-state index contributed by atoms with van der Waals surface area (Å²) in [6.07, 6.45) is 8.04. The molecular weight excluding hydrogens is 418 g/mol. The molecule has 2 rings (SSSR count). The molecule has 0 radical (unpaired) electrons. The Labute approximate surface area is 200 Å². The van der Waals surface area contributed by atoms with Crippen LogP contribution in [0.25, 0.3) is 0 Å². The van der Waals surface area contributed by atoms with Crippen molar-refractivity contribution >= 4 is 11.9 Å². The van der Waals surface area contributed by atoms with Crippen molar-refractivity contribution in [3.05, 3.63) is 23.8 Å². The molecule has 0 aliphatic heterocycles. The number of ether oxygens (including phenoxy) is 1. The van der Waals surface area contributed by atoms with E-state index in [-0.39, 0.29) is 42.7 Å². The van der Waals surface area contributed by atoms with Crippen LogP contribution in [0.4, 0.5) is 0 Å². The van der Waals surface area contributed by atoms with E-state index in [0.29, 0.717) is 18.3 Å². The number of amides is 1. The molecule has 0 aromatic heterocycles. The van der Waals surface area contributed by atoms with Gasteiger partial charge in [0, 0.05) is 20.0 Å². The maximum absolute atomic E-state index is 12.9. The normalized spacial score (nSPS) is 29.0. The molecule has 0 spiro atoms. The number of aliphatic hydroxyl groups is 2. The number of allylic oxidation sites excluding steroid dienone is 3. The van der Waals surface area contributed by atoms with Crippen LogP contribution in [0.2, 0.25) is 0 Å². The predicted molar refractivity (Wildman–Crippen MR) is 130 cm³/mol. The first-order valence-corrected chi connectivity index (χ1v) is 12.5. The fourth-order valence-electron chi connectivity index (χ4n) is 4.95. The highest BCUT2D eigenvalue weighted by Crippen LogP contribution is 2.45. The Bertz CT molecular complexity index is 741. The zero-order valence-electron chi connectivity index (χ0n) is 21.6. The Balaban J connectivity index is 2.08. The van der Waals surface area contributed by atoms with E-state index < -0.39 is 17.6 Å². The Kier molecular flexibility index (Phi) is 9.74. The lowest BCUT2D eigenvalue weighted by molar-refractivity contribution is -0.164. The molecule has 2 aliphatic rings. The molecule has 0 saturated heterocycles. The molecule has 0 aromatic carbocycles. The second-order valence-electron chi connectivity index (χ2n) is 11.1. The van der Waals surface area contributed by atoms with Gasteiger partial charge in [0.1, 0.15) is 6.10 Å². The SMILES string of the molecule is CCC(C)(C)C(=O)O[C@H]1C[C@@H](C)C=C2C=C[C@H](C)[C@H](CC[C@@H](O)C[C@@H](O)CC(=O)N(C)C)[C@H]21. The highest BCUT2D eigenvalue weighted by atomic mass is 16.5. The van der Waals surface area contributed by atoms with Gasteiger partial charge in [-0.2, -0.15) is 0 Å². The molecule has 33 heavy (non-hydrogen) atoms. The van der Waals surface area contributed by atoms with E-state index in [1.54, 1.807) is 14.1 Å². The lowest BCUT2D eigenvalue weighted by Gasteiger charge is -2.44. The van der Waals surface area contributed by atoms with Crippen LogP contribution < -0.4 is 0 Å². The summed E-state index contributed by atoms with van der Waals surface area (Å²) in [5.41, 5.74) is 0.724. The second kappa shape index (κ2) is 11.7. The average Bonchev–Trinajstić information content (AvgIpc) is 2.72. The van der Waals surface area contributed by atoms with Crippen LogP contribution in [0.15, 0.2) is 23.8 Å². The van der Waals surface area contributed by atoms with E-state index in [1.165, 1.54) is 10.5 Å². The molecule has 1 amide bonds. The summed E-state index contributed by atoms with van der Waals surface area (Å²) in [6.45, 7) is 10.2. The van der Waals surface area contributed by atoms with Crippen molar-refractivity contribution in [2.45, 2.75) is 91.5 Å². The third-order valence-corrected chi connectivity index (χ3v) is 7.58. The van der Waals surface area contributed by atoms with Gasteiger partial charge in [-0.25, -0.2) is 0 Å².